The third-order valence-corrected chi connectivity index (χ3v) is 2.88. The van der Waals surface area contributed by atoms with Gasteiger partial charge in [-0.05, 0) is 26.0 Å². The van der Waals surface area contributed by atoms with E-state index in [1.807, 2.05) is 24.6 Å². The molecule has 102 valence electrons. The van der Waals surface area contributed by atoms with Crippen molar-refractivity contribution >= 4 is 18.5 Å². The lowest BCUT2D eigenvalue weighted by Crippen LogP contribution is -2.26. The van der Waals surface area contributed by atoms with E-state index in [1.54, 1.807) is 16.9 Å². The van der Waals surface area contributed by atoms with Crippen LogP contribution >= 0.6 is 12.6 Å². The van der Waals surface area contributed by atoms with E-state index in [9.17, 15) is 4.79 Å². The number of hydrogen-bond donors (Lipinski definition) is 2. The summed E-state index contributed by atoms with van der Waals surface area (Å²) >= 11 is 4.04. The molecule has 0 aromatic carbocycles. The van der Waals surface area contributed by atoms with Crippen molar-refractivity contribution in [2.24, 2.45) is 0 Å². The molecule has 2 aromatic heterocycles. The van der Waals surface area contributed by atoms with Crippen LogP contribution in [0.15, 0.2) is 18.3 Å². The van der Waals surface area contributed by atoms with Gasteiger partial charge in [0, 0.05) is 24.2 Å². The number of carbonyl (C=O) groups is 1. The summed E-state index contributed by atoms with van der Waals surface area (Å²) in [6.07, 6.45) is 1.77. The van der Waals surface area contributed by atoms with Crippen molar-refractivity contribution in [2.45, 2.75) is 20.5 Å². The Morgan fingerprint density at radius 2 is 2.21 bits per heavy atom. The second-order valence-corrected chi connectivity index (χ2v) is 4.74. The average molecular weight is 279 g/mol. The molecule has 0 aliphatic heterocycles. The minimum atomic E-state index is -0.179. The predicted molar refractivity (Wildman–Crippen MR) is 75.5 cm³/mol. The van der Waals surface area contributed by atoms with Crippen molar-refractivity contribution in [1.29, 1.82) is 0 Å². The summed E-state index contributed by atoms with van der Waals surface area (Å²) in [5, 5.41) is 11.3. The molecule has 0 aliphatic rings. The third-order valence-electron chi connectivity index (χ3n) is 2.65. The standard InChI is InChI=1S/C12H17N5OS/c1-9-7-10(2)17(14-9)8-16-5-3-11(15-16)12(18)13-4-6-19/h3,5,7,19H,4,6,8H2,1-2H3,(H,13,18). The van der Waals surface area contributed by atoms with Crippen molar-refractivity contribution in [3.05, 3.63) is 35.4 Å². The minimum absolute atomic E-state index is 0.179. The largest absolute Gasteiger partial charge is 0.350 e. The van der Waals surface area contributed by atoms with Crippen LogP contribution in [0.4, 0.5) is 0 Å². The molecule has 19 heavy (non-hydrogen) atoms. The van der Waals surface area contributed by atoms with Crippen molar-refractivity contribution < 1.29 is 4.79 Å². The highest BCUT2D eigenvalue weighted by Gasteiger charge is 2.09. The number of aryl methyl sites for hydroxylation is 2. The maximum atomic E-state index is 11.7. The smallest absolute Gasteiger partial charge is 0.271 e. The van der Waals surface area contributed by atoms with Crippen LogP contribution in [0.5, 0.6) is 0 Å². The zero-order valence-corrected chi connectivity index (χ0v) is 11.9. The van der Waals surface area contributed by atoms with Gasteiger partial charge in [0.2, 0.25) is 0 Å². The van der Waals surface area contributed by atoms with Crippen LogP contribution < -0.4 is 5.32 Å². The molecule has 2 aromatic rings. The van der Waals surface area contributed by atoms with Crippen LogP contribution in [0.25, 0.3) is 0 Å². The molecule has 0 unspecified atom stereocenters. The molecule has 0 spiro atoms. The van der Waals surface area contributed by atoms with Gasteiger partial charge in [-0.15, -0.1) is 0 Å². The van der Waals surface area contributed by atoms with E-state index in [4.69, 9.17) is 0 Å². The van der Waals surface area contributed by atoms with Crippen molar-refractivity contribution in [2.75, 3.05) is 12.3 Å². The minimum Gasteiger partial charge on any atom is -0.350 e. The number of hydrogen-bond acceptors (Lipinski definition) is 4. The van der Waals surface area contributed by atoms with E-state index in [1.165, 1.54) is 0 Å². The maximum absolute atomic E-state index is 11.7. The lowest BCUT2D eigenvalue weighted by molar-refractivity contribution is 0.0950. The van der Waals surface area contributed by atoms with Gasteiger partial charge in [-0.25, -0.2) is 4.68 Å². The summed E-state index contributed by atoms with van der Waals surface area (Å²) in [5.41, 5.74) is 2.44. The number of thiol groups is 1. The molecule has 2 rings (SSSR count). The summed E-state index contributed by atoms with van der Waals surface area (Å²) < 4.78 is 3.53. The van der Waals surface area contributed by atoms with Gasteiger partial charge < -0.3 is 5.32 Å². The van der Waals surface area contributed by atoms with Gasteiger partial charge in [-0.2, -0.15) is 22.8 Å². The Hall–Kier alpha value is -1.76. The molecule has 1 amide bonds. The molecule has 0 radical (unpaired) electrons. The Bertz CT molecular complexity index is 574. The van der Waals surface area contributed by atoms with Crippen molar-refractivity contribution in [1.82, 2.24) is 24.9 Å². The highest BCUT2D eigenvalue weighted by atomic mass is 32.1. The van der Waals surface area contributed by atoms with Gasteiger partial charge in [0.1, 0.15) is 12.4 Å². The van der Waals surface area contributed by atoms with Crippen LogP contribution in [-0.4, -0.2) is 37.8 Å². The van der Waals surface area contributed by atoms with Gasteiger partial charge >= 0.3 is 0 Å². The third kappa shape index (κ3) is 3.37. The van der Waals surface area contributed by atoms with E-state index in [-0.39, 0.29) is 5.91 Å². The van der Waals surface area contributed by atoms with Gasteiger partial charge in [0.05, 0.1) is 5.69 Å². The first-order chi connectivity index (χ1) is 9.10. The normalized spacial score (nSPS) is 10.7. The maximum Gasteiger partial charge on any atom is 0.271 e. The number of nitrogens with one attached hydrogen (secondary N) is 1. The van der Waals surface area contributed by atoms with Crippen LogP contribution in [0.1, 0.15) is 21.9 Å². The number of carbonyl (C=O) groups excluding carboxylic acids is 1. The van der Waals surface area contributed by atoms with Crippen molar-refractivity contribution in [3.63, 3.8) is 0 Å². The van der Waals surface area contributed by atoms with Gasteiger partial charge in [0.25, 0.3) is 5.91 Å². The summed E-state index contributed by atoms with van der Waals surface area (Å²) in [4.78, 5) is 11.7. The van der Waals surface area contributed by atoms with E-state index < -0.39 is 0 Å². The molecule has 2 heterocycles. The monoisotopic (exact) mass is 279 g/mol. The Kier molecular flexibility index (Phi) is 4.26. The fourth-order valence-electron chi connectivity index (χ4n) is 1.78. The number of nitrogens with zero attached hydrogens (tertiary/aromatic N) is 4. The summed E-state index contributed by atoms with van der Waals surface area (Å²) in [6, 6.07) is 3.70. The Balaban J connectivity index is 2.05. The number of amides is 1. The molecule has 0 atom stereocenters. The Labute approximate surface area is 117 Å². The molecule has 6 nitrogen and oxygen atoms in total. The van der Waals surface area contributed by atoms with Crippen LogP contribution in [0.3, 0.4) is 0 Å². The summed E-state index contributed by atoms with van der Waals surface area (Å²) in [6.45, 7) is 4.97. The first-order valence-corrected chi connectivity index (χ1v) is 6.67. The van der Waals surface area contributed by atoms with Crippen molar-refractivity contribution in [3.8, 4) is 0 Å². The molecular weight excluding hydrogens is 262 g/mol. The Morgan fingerprint density at radius 1 is 1.42 bits per heavy atom. The SMILES string of the molecule is Cc1cc(C)n(Cn2ccc(C(=O)NCCS)n2)n1. The second kappa shape index (κ2) is 5.92. The van der Waals surface area contributed by atoms with E-state index >= 15 is 0 Å². The molecule has 0 bridgehead atoms. The second-order valence-electron chi connectivity index (χ2n) is 4.29. The van der Waals surface area contributed by atoms with Crippen LogP contribution in [-0.2, 0) is 6.67 Å². The zero-order valence-electron chi connectivity index (χ0n) is 11.0. The quantitative estimate of drug-likeness (QED) is 0.798. The van der Waals surface area contributed by atoms with Gasteiger partial charge in [0.15, 0.2) is 0 Å². The first kappa shape index (κ1) is 13.7. The molecule has 7 heteroatoms. The van der Waals surface area contributed by atoms with Crippen LogP contribution in [0.2, 0.25) is 0 Å². The highest BCUT2D eigenvalue weighted by Crippen LogP contribution is 2.03. The molecule has 0 saturated heterocycles. The lowest BCUT2D eigenvalue weighted by atomic mass is 10.4. The fourth-order valence-corrected chi connectivity index (χ4v) is 1.89. The molecule has 0 saturated carbocycles. The van der Waals surface area contributed by atoms with E-state index in [0.29, 0.717) is 24.7 Å². The van der Waals surface area contributed by atoms with E-state index in [0.717, 1.165) is 11.4 Å². The molecule has 0 aliphatic carbocycles. The fraction of sp³-hybridized carbons (Fsp3) is 0.417. The van der Waals surface area contributed by atoms with Crippen LogP contribution in [0, 0.1) is 13.8 Å². The average Bonchev–Trinajstić information content (AvgIpc) is 2.94. The van der Waals surface area contributed by atoms with E-state index in [2.05, 4.69) is 28.1 Å². The van der Waals surface area contributed by atoms with Gasteiger partial charge in [-0.1, -0.05) is 0 Å². The summed E-state index contributed by atoms with van der Waals surface area (Å²) in [7, 11) is 0. The topological polar surface area (TPSA) is 64.7 Å². The predicted octanol–water partition coefficient (Wildman–Crippen LogP) is 0.862. The first-order valence-electron chi connectivity index (χ1n) is 6.03. The lowest BCUT2D eigenvalue weighted by Gasteiger charge is -2.04. The number of aromatic nitrogens is 4. The Morgan fingerprint density at radius 3 is 2.84 bits per heavy atom. The zero-order chi connectivity index (χ0) is 13.8. The number of rotatable bonds is 5. The molecule has 0 fully saturated rings. The molecule has 1 N–H and O–H groups in total. The van der Waals surface area contributed by atoms with Gasteiger partial charge in [-0.3, -0.25) is 9.48 Å². The molecular formula is C12H17N5OS. The highest BCUT2D eigenvalue weighted by molar-refractivity contribution is 7.80. The summed E-state index contributed by atoms with van der Waals surface area (Å²) in [5.74, 6) is 0.430.